The molecule has 0 aliphatic carbocycles. The quantitative estimate of drug-likeness (QED) is 0.398. The topological polar surface area (TPSA) is 121 Å². The summed E-state index contributed by atoms with van der Waals surface area (Å²) in [6.45, 7) is 0. The Morgan fingerprint density at radius 3 is 2.32 bits per heavy atom. The van der Waals surface area contributed by atoms with Crippen molar-refractivity contribution in [3.05, 3.63) is 85.2 Å². The minimum Gasteiger partial charge on any atom is -0.350 e. The highest BCUT2D eigenvalue weighted by molar-refractivity contribution is 5.87. The predicted molar refractivity (Wildman–Crippen MR) is 103 cm³/mol. The van der Waals surface area contributed by atoms with E-state index >= 15 is 0 Å². The molecule has 0 saturated heterocycles. The third kappa shape index (κ3) is 2.75. The molecule has 28 heavy (non-hydrogen) atoms. The van der Waals surface area contributed by atoms with E-state index in [9.17, 15) is 25.0 Å². The number of aromatic nitrogens is 2. The van der Waals surface area contributed by atoms with Gasteiger partial charge in [-0.15, -0.1) is 0 Å². The van der Waals surface area contributed by atoms with E-state index in [1.165, 1.54) is 36.4 Å². The second kappa shape index (κ2) is 6.23. The normalized spacial score (nSPS) is 11.0. The van der Waals surface area contributed by atoms with Crippen molar-refractivity contribution in [2.45, 2.75) is 0 Å². The van der Waals surface area contributed by atoms with Crippen molar-refractivity contribution in [3.63, 3.8) is 0 Å². The lowest BCUT2D eigenvalue weighted by Gasteiger charge is -2.09. The van der Waals surface area contributed by atoms with E-state index < -0.39 is 9.85 Å². The van der Waals surface area contributed by atoms with Crippen LogP contribution in [-0.4, -0.2) is 19.4 Å². The number of fused-ring (bicyclic) bond motifs is 2. The first-order chi connectivity index (χ1) is 13.3. The number of benzene rings is 2. The minimum absolute atomic E-state index is 0.0454. The lowest BCUT2D eigenvalue weighted by molar-refractivity contribution is -0.384. The van der Waals surface area contributed by atoms with Gasteiger partial charge in [-0.3, -0.25) is 25.0 Å². The summed E-state index contributed by atoms with van der Waals surface area (Å²) in [7, 11) is 1.74. The maximum Gasteiger partial charge on any atom is 0.270 e. The molecule has 4 aromatic rings. The summed E-state index contributed by atoms with van der Waals surface area (Å²) >= 11 is 0. The summed E-state index contributed by atoms with van der Waals surface area (Å²) in [5.41, 5.74) is 1.16. The Hall–Kier alpha value is -4.14. The van der Waals surface area contributed by atoms with Crippen LogP contribution in [0.25, 0.3) is 33.1 Å². The SMILES string of the molecule is Cn1cc(-c2ccc3cc([N+](=O)[O-])ccc3n2)c(=O)c2cc([N+](=O)[O-])ccc21. The van der Waals surface area contributed by atoms with E-state index in [1.54, 1.807) is 29.9 Å². The van der Waals surface area contributed by atoms with Gasteiger partial charge in [0.05, 0.1) is 37.5 Å². The molecule has 0 amide bonds. The Labute approximate surface area is 156 Å². The molecular formula is C19H12N4O5. The molecule has 138 valence electrons. The van der Waals surface area contributed by atoms with Crippen LogP contribution in [0.3, 0.4) is 0 Å². The van der Waals surface area contributed by atoms with Crippen LogP contribution in [-0.2, 0) is 7.05 Å². The Bertz CT molecular complexity index is 1360. The average molecular weight is 376 g/mol. The summed E-state index contributed by atoms with van der Waals surface area (Å²) in [4.78, 5) is 38.3. The van der Waals surface area contributed by atoms with Gasteiger partial charge in [-0.1, -0.05) is 6.07 Å². The van der Waals surface area contributed by atoms with E-state index in [-0.39, 0.29) is 27.8 Å². The van der Waals surface area contributed by atoms with Crippen molar-refractivity contribution in [2.75, 3.05) is 0 Å². The van der Waals surface area contributed by atoms with Crippen LogP contribution in [0.1, 0.15) is 0 Å². The highest BCUT2D eigenvalue weighted by Crippen LogP contribution is 2.25. The zero-order valence-electron chi connectivity index (χ0n) is 14.5. The van der Waals surface area contributed by atoms with Gasteiger partial charge in [0.25, 0.3) is 11.4 Å². The Balaban J connectivity index is 1.94. The summed E-state index contributed by atoms with van der Waals surface area (Å²) in [6, 6.07) is 11.7. The van der Waals surface area contributed by atoms with E-state index in [0.717, 1.165) is 0 Å². The molecule has 0 spiro atoms. The van der Waals surface area contributed by atoms with Gasteiger partial charge in [0.2, 0.25) is 0 Å². The van der Waals surface area contributed by atoms with Crippen LogP contribution in [0.2, 0.25) is 0 Å². The van der Waals surface area contributed by atoms with Crippen LogP contribution in [0.15, 0.2) is 59.5 Å². The molecule has 0 N–H and O–H groups in total. The molecule has 0 fully saturated rings. The van der Waals surface area contributed by atoms with Crippen molar-refractivity contribution in [3.8, 4) is 11.3 Å². The highest BCUT2D eigenvalue weighted by Gasteiger charge is 2.15. The maximum absolute atomic E-state index is 13.0. The highest BCUT2D eigenvalue weighted by atomic mass is 16.6. The van der Waals surface area contributed by atoms with Gasteiger partial charge in [0.1, 0.15) is 0 Å². The fourth-order valence-electron chi connectivity index (χ4n) is 3.15. The minimum atomic E-state index is -0.549. The van der Waals surface area contributed by atoms with Gasteiger partial charge in [0, 0.05) is 42.9 Å². The second-order valence-corrected chi connectivity index (χ2v) is 6.27. The molecule has 2 aromatic heterocycles. The lowest BCUT2D eigenvalue weighted by atomic mass is 10.1. The summed E-state index contributed by atoms with van der Waals surface area (Å²) in [5.74, 6) is 0. The molecule has 0 bridgehead atoms. The van der Waals surface area contributed by atoms with Crippen molar-refractivity contribution < 1.29 is 9.85 Å². The van der Waals surface area contributed by atoms with E-state index in [0.29, 0.717) is 22.1 Å². The van der Waals surface area contributed by atoms with Gasteiger partial charge < -0.3 is 4.57 Å². The van der Waals surface area contributed by atoms with Crippen LogP contribution >= 0.6 is 0 Å². The van der Waals surface area contributed by atoms with Crippen molar-refractivity contribution in [1.29, 1.82) is 0 Å². The molecule has 0 aliphatic heterocycles. The number of nitro groups is 2. The number of nitrogens with zero attached hydrogens (tertiary/aromatic N) is 4. The lowest BCUT2D eigenvalue weighted by Crippen LogP contribution is -2.11. The summed E-state index contributed by atoms with van der Waals surface area (Å²) < 4.78 is 1.71. The first-order valence-corrected chi connectivity index (χ1v) is 8.18. The number of rotatable bonds is 3. The van der Waals surface area contributed by atoms with Gasteiger partial charge in [-0.2, -0.15) is 0 Å². The smallest absolute Gasteiger partial charge is 0.270 e. The largest absolute Gasteiger partial charge is 0.350 e. The third-order valence-electron chi connectivity index (χ3n) is 4.54. The molecule has 0 atom stereocenters. The maximum atomic E-state index is 13.0. The molecular weight excluding hydrogens is 364 g/mol. The summed E-state index contributed by atoms with van der Waals surface area (Å²) in [6.07, 6.45) is 1.62. The van der Waals surface area contributed by atoms with Gasteiger partial charge in [-0.25, -0.2) is 4.98 Å². The molecule has 4 rings (SSSR count). The van der Waals surface area contributed by atoms with Crippen molar-refractivity contribution in [2.24, 2.45) is 7.05 Å². The fourth-order valence-corrected chi connectivity index (χ4v) is 3.15. The third-order valence-corrected chi connectivity index (χ3v) is 4.54. The number of hydrogen-bond donors (Lipinski definition) is 0. The monoisotopic (exact) mass is 376 g/mol. The zero-order chi connectivity index (χ0) is 20.0. The Morgan fingerprint density at radius 2 is 1.61 bits per heavy atom. The first-order valence-electron chi connectivity index (χ1n) is 8.18. The molecule has 2 heterocycles. The van der Waals surface area contributed by atoms with Crippen LogP contribution in [0.5, 0.6) is 0 Å². The number of hydrogen-bond acceptors (Lipinski definition) is 6. The number of non-ortho nitro benzene ring substituents is 2. The standard InChI is InChI=1S/C19H12N4O5/c1-21-10-15(19(24)14-9-13(23(27)28)4-7-18(14)21)17-5-2-11-8-12(22(25)26)3-6-16(11)20-17/h2-10H,1H3. The van der Waals surface area contributed by atoms with E-state index in [2.05, 4.69) is 4.98 Å². The Morgan fingerprint density at radius 1 is 0.929 bits per heavy atom. The molecule has 0 unspecified atom stereocenters. The van der Waals surface area contributed by atoms with Gasteiger partial charge in [0.15, 0.2) is 5.43 Å². The summed E-state index contributed by atoms with van der Waals surface area (Å²) in [5, 5.41) is 22.8. The average Bonchev–Trinajstić information content (AvgIpc) is 2.69. The number of aryl methyl sites for hydroxylation is 1. The molecule has 0 aliphatic rings. The second-order valence-electron chi connectivity index (χ2n) is 6.27. The predicted octanol–water partition coefficient (Wildman–Crippen LogP) is 3.57. The number of nitro benzene ring substituents is 2. The fraction of sp³-hybridized carbons (Fsp3) is 0.0526. The molecule has 9 nitrogen and oxygen atoms in total. The molecule has 2 aromatic carbocycles. The van der Waals surface area contributed by atoms with Crippen molar-refractivity contribution in [1.82, 2.24) is 9.55 Å². The number of pyridine rings is 2. The van der Waals surface area contributed by atoms with Crippen LogP contribution < -0.4 is 5.43 Å². The van der Waals surface area contributed by atoms with E-state index in [1.807, 2.05) is 0 Å². The van der Waals surface area contributed by atoms with E-state index in [4.69, 9.17) is 0 Å². The van der Waals surface area contributed by atoms with Crippen molar-refractivity contribution >= 4 is 33.2 Å². The Kier molecular flexibility index (Phi) is 3.85. The first kappa shape index (κ1) is 17.3. The van der Waals surface area contributed by atoms with Gasteiger partial charge >= 0.3 is 0 Å². The van der Waals surface area contributed by atoms with Gasteiger partial charge in [-0.05, 0) is 18.2 Å². The molecule has 0 radical (unpaired) electrons. The molecule has 0 saturated carbocycles. The van der Waals surface area contributed by atoms with Crippen LogP contribution in [0, 0.1) is 20.2 Å². The van der Waals surface area contributed by atoms with Crippen LogP contribution in [0.4, 0.5) is 11.4 Å². The molecule has 9 heteroatoms. The zero-order valence-corrected chi connectivity index (χ0v) is 14.5.